The van der Waals surface area contributed by atoms with E-state index in [-0.39, 0.29) is 10.8 Å². The second-order valence-corrected chi connectivity index (χ2v) is 8.81. The fourth-order valence-corrected chi connectivity index (χ4v) is 3.11. The van der Waals surface area contributed by atoms with Crippen molar-refractivity contribution in [3.05, 3.63) is 29.3 Å². The van der Waals surface area contributed by atoms with Gasteiger partial charge < -0.3 is 13.3 Å². The molecule has 0 radical (unpaired) electrons. The van der Waals surface area contributed by atoms with Crippen LogP contribution in [0.15, 0.2) is 18.2 Å². The van der Waals surface area contributed by atoms with E-state index in [4.69, 9.17) is 13.3 Å². The molecule has 0 atom stereocenters. The van der Waals surface area contributed by atoms with Crippen LogP contribution in [0.2, 0.25) is 0 Å². The van der Waals surface area contributed by atoms with Crippen molar-refractivity contribution in [3.8, 4) is 5.75 Å². The van der Waals surface area contributed by atoms with E-state index < -0.39 is 9.53 Å². The van der Waals surface area contributed by atoms with E-state index in [1.165, 1.54) is 11.1 Å². The molecule has 0 amide bonds. The molecule has 0 bridgehead atoms. The Kier molecular flexibility index (Phi) is 5.41. The van der Waals surface area contributed by atoms with Crippen molar-refractivity contribution in [1.82, 2.24) is 0 Å². The normalized spacial score (nSPS) is 12.8. The minimum absolute atomic E-state index is 0.000358. The summed E-state index contributed by atoms with van der Waals surface area (Å²) in [6, 6.07) is 6.24. The predicted molar refractivity (Wildman–Crippen MR) is 85.6 cm³/mol. The summed E-state index contributed by atoms with van der Waals surface area (Å²) in [6.45, 7) is 13.3. The third-order valence-corrected chi connectivity index (χ3v) is 4.41. The molecule has 0 aromatic heterocycles. The van der Waals surface area contributed by atoms with Crippen LogP contribution in [0, 0.1) is 0 Å². The Bertz CT molecular complexity index is 440. The first-order valence-corrected chi connectivity index (χ1v) is 8.39. The van der Waals surface area contributed by atoms with E-state index in [2.05, 4.69) is 47.6 Å². The molecule has 0 aliphatic rings. The van der Waals surface area contributed by atoms with Gasteiger partial charge in [0.05, 0.1) is 0 Å². The minimum Gasteiger partial charge on any atom is -0.503 e. The topological polar surface area (TPSA) is 27.7 Å². The lowest BCUT2D eigenvalue weighted by molar-refractivity contribution is 0.200. The summed E-state index contributed by atoms with van der Waals surface area (Å²) in [5, 5.41) is 0. The monoisotopic (exact) mass is 296 g/mol. The molecule has 0 spiro atoms. The molecule has 1 aromatic carbocycles. The Labute approximate surface area is 125 Å². The Morgan fingerprint density at radius 2 is 1.40 bits per heavy atom. The summed E-state index contributed by atoms with van der Waals surface area (Å²) in [7, 11) is 1.17. The van der Waals surface area contributed by atoms with Crippen LogP contribution in [0.5, 0.6) is 5.75 Å². The maximum absolute atomic E-state index is 6.00. The van der Waals surface area contributed by atoms with Gasteiger partial charge in [-0.2, -0.15) is 0 Å². The average Bonchev–Trinajstić information content (AvgIpc) is 2.33. The zero-order valence-electron chi connectivity index (χ0n) is 14.0. The van der Waals surface area contributed by atoms with Crippen LogP contribution in [-0.4, -0.2) is 23.7 Å². The Hall–Kier alpha value is -0.843. The van der Waals surface area contributed by atoms with Crippen LogP contribution >= 0.6 is 0 Å². The highest BCUT2D eigenvalue weighted by molar-refractivity contribution is 6.37. The van der Waals surface area contributed by atoms with Crippen molar-refractivity contribution in [2.45, 2.75) is 52.4 Å². The summed E-state index contributed by atoms with van der Waals surface area (Å²) < 4.78 is 16.6. The average molecular weight is 296 g/mol. The minimum atomic E-state index is -2.09. The van der Waals surface area contributed by atoms with E-state index in [0.717, 1.165) is 5.75 Å². The molecule has 0 N–H and O–H groups in total. The third kappa shape index (κ3) is 4.07. The lowest BCUT2D eigenvalue weighted by Gasteiger charge is -2.32. The van der Waals surface area contributed by atoms with Crippen molar-refractivity contribution < 1.29 is 13.3 Å². The molecule has 0 saturated heterocycles. The first-order valence-electron chi connectivity index (χ1n) is 6.97. The standard InChI is InChI=1S/C16H28O3Si/c1-15(2,3)12-10-9-11-13(14(12)16(4,5)6)19-20(17-7)18-8/h9-11,20H,1-8H3. The van der Waals surface area contributed by atoms with E-state index in [1.54, 1.807) is 14.2 Å². The SMILES string of the molecule is CO[SiH](OC)Oc1cccc(C(C)(C)C)c1C(C)(C)C. The van der Waals surface area contributed by atoms with Gasteiger partial charge in [-0.15, -0.1) is 0 Å². The molecule has 0 saturated carbocycles. The van der Waals surface area contributed by atoms with Crippen molar-refractivity contribution >= 4 is 9.53 Å². The van der Waals surface area contributed by atoms with Crippen LogP contribution in [0.4, 0.5) is 0 Å². The van der Waals surface area contributed by atoms with Crippen LogP contribution in [0.25, 0.3) is 0 Å². The fraction of sp³-hybridized carbons (Fsp3) is 0.625. The Balaban J connectivity index is 3.38. The van der Waals surface area contributed by atoms with Gasteiger partial charge in [0.2, 0.25) is 0 Å². The molecule has 0 aliphatic heterocycles. The third-order valence-electron chi connectivity index (χ3n) is 3.19. The second-order valence-electron chi connectivity index (χ2n) is 7.06. The van der Waals surface area contributed by atoms with E-state index in [1.807, 2.05) is 12.1 Å². The quantitative estimate of drug-likeness (QED) is 0.793. The Morgan fingerprint density at radius 1 is 0.850 bits per heavy atom. The molecule has 0 aliphatic carbocycles. The highest BCUT2D eigenvalue weighted by Gasteiger charge is 2.29. The number of hydrogen-bond acceptors (Lipinski definition) is 3. The number of benzene rings is 1. The number of rotatable bonds is 4. The van der Waals surface area contributed by atoms with E-state index in [9.17, 15) is 0 Å². The van der Waals surface area contributed by atoms with Gasteiger partial charge in [-0.3, -0.25) is 0 Å². The molecular weight excluding hydrogens is 268 g/mol. The molecular formula is C16H28O3Si. The van der Waals surface area contributed by atoms with Gasteiger partial charge in [-0.1, -0.05) is 53.7 Å². The van der Waals surface area contributed by atoms with Crippen LogP contribution in [-0.2, 0) is 19.7 Å². The Morgan fingerprint density at radius 3 is 1.80 bits per heavy atom. The first kappa shape index (κ1) is 17.2. The molecule has 1 aromatic rings. The van der Waals surface area contributed by atoms with Gasteiger partial charge in [0, 0.05) is 19.8 Å². The highest BCUT2D eigenvalue weighted by atomic mass is 28.3. The maximum atomic E-state index is 6.00. The molecule has 3 nitrogen and oxygen atoms in total. The van der Waals surface area contributed by atoms with Gasteiger partial charge in [0.15, 0.2) is 0 Å². The predicted octanol–water partition coefficient (Wildman–Crippen LogP) is 3.67. The molecule has 0 fully saturated rings. The van der Waals surface area contributed by atoms with E-state index in [0.29, 0.717) is 0 Å². The molecule has 0 unspecified atom stereocenters. The van der Waals surface area contributed by atoms with Crippen molar-refractivity contribution in [2.24, 2.45) is 0 Å². The summed E-state index contributed by atoms with van der Waals surface area (Å²) >= 11 is 0. The van der Waals surface area contributed by atoms with E-state index >= 15 is 0 Å². The van der Waals surface area contributed by atoms with Crippen LogP contribution < -0.4 is 4.43 Å². The second kappa shape index (κ2) is 6.29. The smallest absolute Gasteiger partial charge is 0.503 e. The molecule has 1 rings (SSSR count). The first-order chi connectivity index (χ1) is 9.11. The highest BCUT2D eigenvalue weighted by Crippen LogP contribution is 2.39. The van der Waals surface area contributed by atoms with Crippen LogP contribution in [0.3, 0.4) is 0 Å². The van der Waals surface area contributed by atoms with Gasteiger partial charge in [0.25, 0.3) is 0 Å². The maximum Gasteiger partial charge on any atom is 0.549 e. The van der Waals surface area contributed by atoms with Crippen molar-refractivity contribution in [3.63, 3.8) is 0 Å². The summed E-state index contributed by atoms with van der Waals surface area (Å²) in [5.74, 6) is 0.880. The zero-order chi connectivity index (χ0) is 15.6. The fourth-order valence-electron chi connectivity index (χ4n) is 2.32. The van der Waals surface area contributed by atoms with Crippen LogP contribution in [0.1, 0.15) is 52.7 Å². The molecule has 20 heavy (non-hydrogen) atoms. The largest absolute Gasteiger partial charge is 0.549 e. The molecule has 4 heteroatoms. The zero-order valence-corrected chi connectivity index (χ0v) is 15.2. The number of hydrogen-bond donors (Lipinski definition) is 0. The van der Waals surface area contributed by atoms with Gasteiger partial charge in [-0.25, -0.2) is 0 Å². The summed E-state index contributed by atoms with van der Waals surface area (Å²) in [5.41, 5.74) is 2.61. The molecule has 114 valence electrons. The molecule has 0 heterocycles. The van der Waals surface area contributed by atoms with Gasteiger partial charge >= 0.3 is 9.53 Å². The summed E-state index contributed by atoms with van der Waals surface area (Å²) in [4.78, 5) is 0. The van der Waals surface area contributed by atoms with Crippen molar-refractivity contribution in [1.29, 1.82) is 0 Å². The van der Waals surface area contributed by atoms with Crippen molar-refractivity contribution in [2.75, 3.05) is 14.2 Å². The van der Waals surface area contributed by atoms with Gasteiger partial charge in [-0.05, 0) is 22.5 Å². The lowest BCUT2D eigenvalue weighted by atomic mass is 9.75. The van der Waals surface area contributed by atoms with Gasteiger partial charge in [0.1, 0.15) is 5.75 Å². The lowest BCUT2D eigenvalue weighted by Crippen LogP contribution is -2.30. The summed E-state index contributed by atoms with van der Waals surface area (Å²) in [6.07, 6.45) is 0.